The summed E-state index contributed by atoms with van der Waals surface area (Å²) in [7, 11) is 0. The molecular weight excluding hydrogens is 470 g/mol. The summed E-state index contributed by atoms with van der Waals surface area (Å²) in [5.74, 6) is 2.69. The van der Waals surface area contributed by atoms with E-state index in [2.05, 4.69) is 108 Å². The van der Waals surface area contributed by atoms with Crippen molar-refractivity contribution in [1.82, 2.24) is 14.5 Å². The van der Waals surface area contributed by atoms with Crippen LogP contribution in [0.1, 0.15) is 36.6 Å². The fraction of sp³-hybridized carbons (Fsp3) is 0.242. The summed E-state index contributed by atoms with van der Waals surface area (Å²) in [5.41, 5.74) is 4.92. The number of fused-ring (bicyclic) bond motifs is 2. The van der Waals surface area contributed by atoms with Crippen LogP contribution in [0.4, 0.5) is 0 Å². The molecule has 5 nitrogen and oxygen atoms in total. The SMILES string of the molecule is CCCCn1c(CN(Cc2ccc3c(c2)OCO3)Cc2cccc3ccccc23)cnc1-c1ccccc1. The lowest BCUT2D eigenvalue weighted by molar-refractivity contribution is 0.174. The van der Waals surface area contributed by atoms with Gasteiger partial charge in [0, 0.05) is 31.7 Å². The minimum absolute atomic E-state index is 0.289. The van der Waals surface area contributed by atoms with E-state index in [-0.39, 0.29) is 6.79 Å². The number of rotatable bonds is 10. The lowest BCUT2D eigenvalue weighted by Gasteiger charge is -2.24. The fourth-order valence-corrected chi connectivity index (χ4v) is 5.29. The highest BCUT2D eigenvalue weighted by Crippen LogP contribution is 2.33. The zero-order valence-electron chi connectivity index (χ0n) is 21.8. The average Bonchev–Trinajstić information content (AvgIpc) is 3.59. The third kappa shape index (κ3) is 5.15. The molecule has 0 aliphatic carbocycles. The summed E-state index contributed by atoms with van der Waals surface area (Å²) in [4.78, 5) is 7.41. The third-order valence-electron chi connectivity index (χ3n) is 7.21. The molecular formula is C33H33N3O2. The molecule has 1 aliphatic heterocycles. The second-order valence-corrected chi connectivity index (χ2v) is 9.92. The van der Waals surface area contributed by atoms with Crippen molar-refractivity contribution in [2.45, 2.75) is 45.9 Å². The monoisotopic (exact) mass is 503 g/mol. The predicted molar refractivity (Wildman–Crippen MR) is 152 cm³/mol. The van der Waals surface area contributed by atoms with Gasteiger partial charge >= 0.3 is 0 Å². The van der Waals surface area contributed by atoms with Crippen LogP contribution in [-0.2, 0) is 26.2 Å². The number of hydrogen-bond donors (Lipinski definition) is 0. The van der Waals surface area contributed by atoms with Gasteiger partial charge < -0.3 is 14.0 Å². The Morgan fingerprint density at radius 2 is 1.63 bits per heavy atom. The molecule has 0 spiro atoms. The summed E-state index contributed by atoms with van der Waals surface area (Å²) >= 11 is 0. The number of ether oxygens (including phenoxy) is 2. The predicted octanol–water partition coefficient (Wildman–Crippen LogP) is 7.43. The summed E-state index contributed by atoms with van der Waals surface area (Å²) < 4.78 is 13.6. The minimum atomic E-state index is 0.289. The Morgan fingerprint density at radius 1 is 0.816 bits per heavy atom. The lowest BCUT2D eigenvalue weighted by atomic mass is 10.0. The molecule has 0 amide bonds. The number of aromatic nitrogens is 2. The van der Waals surface area contributed by atoms with Crippen molar-refractivity contribution >= 4 is 10.8 Å². The Hall–Kier alpha value is -4.09. The van der Waals surface area contributed by atoms with Gasteiger partial charge in [-0.1, -0.05) is 92.2 Å². The lowest BCUT2D eigenvalue weighted by Crippen LogP contribution is -2.24. The van der Waals surface area contributed by atoms with Gasteiger partial charge in [0.15, 0.2) is 11.5 Å². The second-order valence-electron chi connectivity index (χ2n) is 9.92. The molecule has 0 bridgehead atoms. The van der Waals surface area contributed by atoms with E-state index in [1.165, 1.54) is 27.6 Å². The molecule has 5 heteroatoms. The summed E-state index contributed by atoms with van der Waals surface area (Å²) in [6, 6.07) is 32.0. The Morgan fingerprint density at radius 3 is 2.53 bits per heavy atom. The molecule has 0 saturated carbocycles. The van der Waals surface area contributed by atoms with Gasteiger partial charge in [0.05, 0.1) is 11.9 Å². The third-order valence-corrected chi connectivity index (χ3v) is 7.21. The fourth-order valence-electron chi connectivity index (χ4n) is 5.29. The zero-order valence-corrected chi connectivity index (χ0v) is 21.8. The first-order chi connectivity index (χ1) is 18.8. The molecule has 0 radical (unpaired) electrons. The number of imidazole rings is 1. The van der Waals surface area contributed by atoms with Crippen LogP contribution in [-0.4, -0.2) is 21.2 Å². The van der Waals surface area contributed by atoms with Crippen LogP contribution < -0.4 is 9.47 Å². The van der Waals surface area contributed by atoms with Gasteiger partial charge in [0.25, 0.3) is 0 Å². The van der Waals surface area contributed by atoms with Crippen LogP contribution in [0, 0.1) is 0 Å². The van der Waals surface area contributed by atoms with Crippen molar-refractivity contribution < 1.29 is 9.47 Å². The number of benzene rings is 4. The molecule has 1 aliphatic rings. The van der Waals surface area contributed by atoms with Crippen molar-refractivity contribution in [2.75, 3.05) is 6.79 Å². The van der Waals surface area contributed by atoms with Gasteiger partial charge in [-0.05, 0) is 40.5 Å². The molecule has 2 heterocycles. The smallest absolute Gasteiger partial charge is 0.231 e. The minimum Gasteiger partial charge on any atom is -0.454 e. The first kappa shape index (κ1) is 24.3. The molecule has 0 unspecified atom stereocenters. The van der Waals surface area contributed by atoms with Gasteiger partial charge in [0.1, 0.15) is 5.82 Å². The topological polar surface area (TPSA) is 39.5 Å². The molecule has 192 valence electrons. The highest BCUT2D eigenvalue weighted by atomic mass is 16.7. The Kier molecular flexibility index (Phi) is 7.10. The van der Waals surface area contributed by atoms with Crippen LogP contribution in [0.3, 0.4) is 0 Å². The summed E-state index contributed by atoms with van der Waals surface area (Å²) in [5, 5.41) is 2.57. The van der Waals surface area contributed by atoms with E-state index in [0.717, 1.165) is 61.9 Å². The van der Waals surface area contributed by atoms with E-state index in [1.54, 1.807) is 0 Å². The molecule has 0 atom stereocenters. The van der Waals surface area contributed by atoms with E-state index >= 15 is 0 Å². The molecule has 0 saturated heterocycles. The second kappa shape index (κ2) is 11.1. The van der Waals surface area contributed by atoms with Crippen LogP contribution in [0.2, 0.25) is 0 Å². The maximum Gasteiger partial charge on any atom is 0.231 e. The summed E-state index contributed by atoms with van der Waals surface area (Å²) in [6.45, 7) is 5.90. The maximum absolute atomic E-state index is 5.68. The van der Waals surface area contributed by atoms with Gasteiger partial charge in [-0.25, -0.2) is 4.98 Å². The van der Waals surface area contributed by atoms with E-state index < -0.39 is 0 Å². The standard InChI is InChI=1S/C33H33N3O2/c1-2-3-18-36-29(20-34-33(36)27-11-5-4-6-12-27)23-35(21-25-16-17-31-32(19-25)38-24-37-31)22-28-14-9-13-26-10-7-8-15-30(26)28/h4-17,19-20H,2-3,18,21-24H2,1H3. The molecule has 4 aromatic carbocycles. The number of nitrogens with zero attached hydrogens (tertiary/aromatic N) is 3. The van der Waals surface area contributed by atoms with Crippen molar-refractivity contribution in [1.29, 1.82) is 0 Å². The highest BCUT2D eigenvalue weighted by molar-refractivity contribution is 5.85. The number of unbranched alkanes of at least 4 members (excludes halogenated alkanes) is 1. The van der Waals surface area contributed by atoms with Crippen LogP contribution >= 0.6 is 0 Å². The number of hydrogen-bond acceptors (Lipinski definition) is 4. The van der Waals surface area contributed by atoms with E-state index in [0.29, 0.717) is 0 Å². The van der Waals surface area contributed by atoms with E-state index in [4.69, 9.17) is 14.5 Å². The largest absolute Gasteiger partial charge is 0.454 e. The Labute approximate surface area is 224 Å². The Balaban J connectivity index is 1.35. The van der Waals surface area contributed by atoms with Crippen LogP contribution in [0.25, 0.3) is 22.2 Å². The van der Waals surface area contributed by atoms with Crippen molar-refractivity contribution in [3.05, 3.63) is 114 Å². The van der Waals surface area contributed by atoms with Gasteiger partial charge in [0.2, 0.25) is 6.79 Å². The molecule has 5 aromatic rings. The normalized spacial score (nSPS) is 12.5. The first-order valence-electron chi connectivity index (χ1n) is 13.5. The average molecular weight is 504 g/mol. The quantitative estimate of drug-likeness (QED) is 0.199. The van der Waals surface area contributed by atoms with Gasteiger partial charge in [-0.15, -0.1) is 0 Å². The molecule has 6 rings (SSSR count). The Bertz CT molecular complexity index is 1520. The van der Waals surface area contributed by atoms with Gasteiger partial charge in [-0.2, -0.15) is 0 Å². The van der Waals surface area contributed by atoms with Crippen molar-refractivity contribution in [3.8, 4) is 22.9 Å². The summed E-state index contributed by atoms with van der Waals surface area (Å²) in [6.07, 6.45) is 4.32. The van der Waals surface area contributed by atoms with Crippen LogP contribution in [0.15, 0.2) is 97.2 Å². The zero-order chi connectivity index (χ0) is 25.7. The van der Waals surface area contributed by atoms with E-state index in [9.17, 15) is 0 Å². The van der Waals surface area contributed by atoms with Crippen molar-refractivity contribution in [3.63, 3.8) is 0 Å². The highest BCUT2D eigenvalue weighted by Gasteiger charge is 2.19. The molecule has 0 fully saturated rings. The maximum atomic E-state index is 5.68. The van der Waals surface area contributed by atoms with Gasteiger partial charge in [-0.3, -0.25) is 4.90 Å². The molecule has 0 N–H and O–H groups in total. The first-order valence-corrected chi connectivity index (χ1v) is 13.5. The van der Waals surface area contributed by atoms with E-state index in [1.807, 2.05) is 6.07 Å². The molecule has 1 aromatic heterocycles. The molecule has 38 heavy (non-hydrogen) atoms. The van der Waals surface area contributed by atoms with Crippen molar-refractivity contribution in [2.24, 2.45) is 0 Å². The van der Waals surface area contributed by atoms with Crippen LogP contribution in [0.5, 0.6) is 11.5 Å².